The monoisotopic (exact) mass is 279 g/mol. The highest BCUT2D eigenvalue weighted by Crippen LogP contribution is 2.23. The van der Waals surface area contributed by atoms with Gasteiger partial charge in [0, 0.05) is 18.5 Å². The average Bonchev–Trinajstić information content (AvgIpc) is 2.92. The lowest BCUT2D eigenvalue weighted by Crippen LogP contribution is -2.13. The largest absolute Gasteiger partial charge is 0.480 e. The van der Waals surface area contributed by atoms with Crippen LogP contribution in [0.15, 0.2) is 22.6 Å². The minimum Gasteiger partial charge on any atom is -0.480 e. The van der Waals surface area contributed by atoms with Crippen LogP contribution in [0.5, 0.6) is 5.75 Å². The van der Waals surface area contributed by atoms with Gasteiger partial charge in [-0.2, -0.15) is 0 Å². The number of benzene rings is 1. The zero-order chi connectivity index (χ0) is 14.4. The molecular weight excluding hydrogens is 261 g/mol. The second-order valence-electron chi connectivity index (χ2n) is 4.24. The van der Waals surface area contributed by atoms with Crippen molar-refractivity contribution in [2.24, 2.45) is 0 Å². The van der Waals surface area contributed by atoms with Crippen LogP contribution in [0, 0.1) is 5.82 Å². The van der Waals surface area contributed by atoms with Gasteiger partial charge in [0.2, 0.25) is 5.89 Å². The maximum absolute atomic E-state index is 13.8. The van der Waals surface area contributed by atoms with Gasteiger partial charge in [-0.3, -0.25) is 0 Å². The highest BCUT2D eigenvalue weighted by Gasteiger charge is 2.12. The van der Waals surface area contributed by atoms with Crippen molar-refractivity contribution in [3.63, 3.8) is 0 Å². The topological polar surface area (TPSA) is 60.2 Å². The molecule has 2 rings (SSSR count). The first kappa shape index (κ1) is 14.5. The van der Waals surface area contributed by atoms with Crippen molar-refractivity contribution >= 4 is 0 Å². The number of rotatable bonds is 7. The fraction of sp³-hybridized carbons (Fsp3) is 0.429. The van der Waals surface area contributed by atoms with Gasteiger partial charge in [0.15, 0.2) is 18.2 Å². The molecule has 0 radical (unpaired) electrons. The van der Waals surface area contributed by atoms with E-state index in [9.17, 15) is 4.39 Å². The third-order valence-corrected chi connectivity index (χ3v) is 2.77. The van der Waals surface area contributed by atoms with Crippen molar-refractivity contribution in [2.75, 3.05) is 6.54 Å². The van der Waals surface area contributed by atoms with Gasteiger partial charge in [0.1, 0.15) is 0 Å². The van der Waals surface area contributed by atoms with E-state index in [0.29, 0.717) is 24.7 Å². The normalized spacial score (nSPS) is 10.8. The molecule has 0 aliphatic carbocycles. The first-order valence-corrected chi connectivity index (χ1v) is 6.66. The number of hydrogen-bond acceptors (Lipinski definition) is 5. The smallest absolute Gasteiger partial charge is 0.253 e. The Morgan fingerprint density at radius 1 is 1.25 bits per heavy atom. The number of hydrogen-bond donors (Lipinski definition) is 1. The number of halogens is 1. The number of aromatic nitrogens is 2. The van der Waals surface area contributed by atoms with E-state index in [0.717, 1.165) is 12.1 Å². The summed E-state index contributed by atoms with van der Waals surface area (Å²) in [5, 5.41) is 10.8. The second-order valence-corrected chi connectivity index (χ2v) is 4.24. The summed E-state index contributed by atoms with van der Waals surface area (Å²) in [5.74, 6) is 0.727. The van der Waals surface area contributed by atoms with Crippen LogP contribution in [0.25, 0.3) is 0 Å². The third kappa shape index (κ3) is 3.54. The summed E-state index contributed by atoms with van der Waals surface area (Å²) in [6.45, 7) is 5.33. The Kier molecular flexibility index (Phi) is 5.06. The van der Waals surface area contributed by atoms with Crippen LogP contribution in [0.1, 0.15) is 31.2 Å². The third-order valence-electron chi connectivity index (χ3n) is 2.77. The van der Waals surface area contributed by atoms with Gasteiger partial charge in [-0.25, -0.2) is 4.39 Å². The number of para-hydroxylation sites is 1. The Labute approximate surface area is 117 Å². The van der Waals surface area contributed by atoms with E-state index in [1.807, 2.05) is 19.9 Å². The average molecular weight is 279 g/mol. The molecular formula is C14H18FN3O2. The predicted molar refractivity (Wildman–Crippen MR) is 71.8 cm³/mol. The van der Waals surface area contributed by atoms with E-state index in [2.05, 4.69) is 15.5 Å². The lowest BCUT2D eigenvalue weighted by molar-refractivity contribution is 0.246. The van der Waals surface area contributed by atoms with Gasteiger partial charge in [0.25, 0.3) is 5.89 Å². The Bertz CT molecular complexity index is 557. The molecule has 5 nitrogen and oxygen atoms in total. The maximum atomic E-state index is 13.8. The zero-order valence-electron chi connectivity index (χ0n) is 11.6. The highest BCUT2D eigenvalue weighted by molar-refractivity contribution is 5.34. The Morgan fingerprint density at radius 2 is 2.05 bits per heavy atom. The lowest BCUT2D eigenvalue weighted by Gasteiger charge is -2.11. The van der Waals surface area contributed by atoms with Gasteiger partial charge in [0.05, 0.1) is 0 Å². The van der Waals surface area contributed by atoms with Crippen LogP contribution in [0.4, 0.5) is 4.39 Å². The van der Waals surface area contributed by atoms with Crippen molar-refractivity contribution in [3.8, 4) is 5.75 Å². The molecule has 0 saturated carbocycles. The van der Waals surface area contributed by atoms with Gasteiger partial charge < -0.3 is 14.5 Å². The van der Waals surface area contributed by atoms with Gasteiger partial charge in [-0.05, 0) is 12.6 Å². The fourth-order valence-corrected chi connectivity index (χ4v) is 1.74. The van der Waals surface area contributed by atoms with Crippen molar-refractivity contribution in [1.29, 1.82) is 0 Å². The number of nitrogens with zero attached hydrogens (tertiary/aromatic N) is 2. The van der Waals surface area contributed by atoms with Crippen molar-refractivity contribution in [2.45, 2.75) is 33.4 Å². The fourth-order valence-electron chi connectivity index (χ4n) is 1.74. The van der Waals surface area contributed by atoms with Crippen LogP contribution in [0.2, 0.25) is 0 Å². The van der Waals surface area contributed by atoms with Crippen LogP contribution in [0.3, 0.4) is 0 Å². The minimum atomic E-state index is -0.393. The molecule has 0 aliphatic heterocycles. The summed E-state index contributed by atoms with van der Waals surface area (Å²) >= 11 is 0. The van der Waals surface area contributed by atoms with Gasteiger partial charge >= 0.3 is 0 Å². The van der Waals surface area contributed by atoms with Gasteiger partial charge in [-0.1, -0.05) is 26.0 Å². The SMILES string of the molecule is CCNCc1cccc(F)c1OCc1nnc(CC)o1. The number of nitrogens with one attached hydrogen (secondary N) is 1. The molecule has 1 aromatic carbocycles. The summed E-state index contributed by atoms with van der Waals surface area (Å²) in [5.41, 5.74) is 0.766. The minimum absolute atomic E-state index is 0.0626. The summed E-state index contributed by atoms with van der Waals surface area (Å²) in [4.78, 5) is 0. The first-order chi connectivity index (χ1) is 9.74. The zero-order valence-corrected chi connectivity index (χ0v) is 11.6. The molecule has 0 atom stereocenters. The number of ether oxygens (including phenoxy) is 1. The second kappa shape index (κ2) is 7.00. The molecule has 0 unspecified atom stereocenters. The summed E-state index contributed by atoms with van der Waals surface area (Å²) in [6.07, 6.45) is 0.665. The molecule has 0 spiro atoms. The summed E-state index contributed by atoms with van der Waals surface area (Å²) in [7, 11) is 0. The molecule has 1 aromatic heterocycles. The quantitative estimate of drug-likeness (QED) is 0.843. The van der Waals surface area contributed by atoms with Crippen molar-refractivity contribution in [3.05, 3.63) is 41.4 Å². The van der Waals surface area contributed by atoms with E-state index < -0.39 is 5.82 Å². The van der Waals surface area contributed by atoms with E-state index in [4.69, 9.17) is 9.15 Å². The molecule has 108 valence electrons. The molecule has 6 heteroatoms. The Morgan fingerprint density at radius 3 is 2.75 bits per heavy atom. The molecule has 0 aliphatic rings. The Balaban J connectivity index is 2.07. The van der Waals surface area contributed by atoms with Crippen molar-refractivity contribution < 1.29 is 13.5 Å². The Hall–Kier alpha value is -1.95. The van der Waals surface area contributed by atoms with Crippen LogP contribution >= 0.6 is 0 Å². The molecule has 0 fully saturated rings. The van der Waals surface area contributed by atoms with Crippen LogP contribution < -0.4 is 10.1 Å². The lowest BCUT2D eigenvalue weighted by atomic mass is 10.2. The molecule has 2 aromatic rings. The van der Waals surface area contributed by atoms with E-state index in [1.165, 1.54) is 6.07 Å². The highest BCUT2D eigenvalue weighted by atomic mass is 19.1. The van der Waals surface area contributed by atoms with Gasteiger partial charge in [-0.15, -0.1) is 10.2 Å². The standard InChI is InChI=1S/C14H18FN3O2/c1-3-12-17-18-13(20-12)9-19-14-10(8-16-4-2)6-5-7-11(14)15/h5-7,16H,3-4,8-9H2,1-2H3. The maximum Gasteiger partial charge on any atom is 0.253 e. The van der Waals surface area contributed by atoms with Crippen LogP contribution in [-0.2, 0) is 19.6 Å². The molecule has 0 amide bonds. The molecule has 0 bridgehead atoms. The van der Waals surface area contributed by atoms with E-state index in [-0.39, 0.29) is 12.4 Å². The molecule has 1 heterocycles. The molecule has 20 heavy (non-hydrogen) atoms. The number of aryl methyl sites for hydroxylation is 1. The molecule has 0 saturated heterocycles. The summed E-state index contributed by atoms with van der Waals surface area (Å²) in [6, 6.07) is 4.86. The van der Waals surface area contributed by atoms with Crippen LogP contribution in [-0.4, -0.2) is 16.7 Å². The van der Waals surface area contributed by atoms with Crippen molar-refractivity contribution in [1.82, 2.24) is 15.5 Å². The predicted octanol–water partition coefficient (Wildman–Crippen LogP) is 2.46. The van der Waals surface area contributed by atoms with E-state index in [1.54, 1.807) is 6.07 Å². The van der Waals surface area contributed by atoms with E-state index >= 15 is 0 Å². The molecule has 1 N–H and O–H groups in total. The summed E-state index contributed by atoms with van der Waals surface area (Å²) < 4.78 is 24.7. The first-order valence-electron chi connectivity index (χ1n) is 6.66.